The molecule has 0 aromatic carbocycles. The smallest absolute Gasteiger partial charge is 0.341 e. The lowest BCUT2D eigenvalue weighted by atomic mass is 10.2. The molecule has 2 aromatic rings. The average molecular weight is 349 g/mol. The molecule has 0 amide bonds. The summed E-state index contributed by atoms with van der Waals surface area (Å²) in [5.41, 5.74) is 0.447. The number of nitrogens with zero attached hydrogens (tertiary/aromatic N) is 1. The van der Waals surface area contributed by atoms with Gasteiger partial charge in [0, 0.05) is 16.8 Å². The summed E-state index contributed by atoms with van der Waals surface area (Å²) in [4.78, 5) is 18.4. The van der Waals surface area contributed by atoms with Gasteiger partial charge in [0.2, 0.25) is 0 Å². The van der Waals surface area contributed by atoms with E-state index < -0.39 is 5.97 Å². The van der Waals surface area contributed by atoms with E-state index in [1.54, 1.807) is 31.4 Å². The number of carbonyl (C=O) groups excluding carboxylic acids is 1. The number of rotatable bonds is 6. The highest BCUT2D eigenvalue weighted by molar-refractivity contribution is 7.11. The van der Waals surface area contributed by atoms with E-state index in [4.69, 9.17) is 9.15 Å². The monoisotopic (exact) mass is 349 g/mol. The molecular formula is C17H23N3O3S. The first-order chi connectivity index (χ1) is 11.6. The van der Waals surface area contributed by atoms with E-state index in [9.17, 15) is 4.79 Å². The topological polar surface area (TPSA) is 75.9 Å². The van der Waals surface area contributed by atoms with Crippen molar-refractivity contribution in [2.45, 2.75) is 33.4 Å². The molecule has 0 bridgehead atoms. The van der Waals surface area contributed by atoms with Crippen LogP contribution in [0.15, 0.2) is 27.6 Å². The van der Waals surface area contributed by atoms with Crippen molar-refractivity contribution >= 4 is 23.3 Å². The first-order valence-corrected chi connectivity index (χ1v) is 8.58. The zero-order valence-corrected chi connectivity index (χ0v) is 15.3. The third kappa shape index (κ3) is 4.61. The molecule has 0 aliphatic rings. The van der Waals surface area contributed by atoms with Crippen molar-refractivity contribution in [1.82, 2.24) is 10.6 Å². The minimum absolute atomic E-state index is 0.394. The summed E-state index contributed by atoms with van der Waals surface area (Å²) in [5.74, 6) is 1.48. The van der Waals surface area contributed by atoms with E-state index >= 15 is 0 Å². The lowest BCUT2D eigenvalue weighted by Crippen LogP contribution is -2.36. The van der Waals surface area contributed by atoms with Crippen LogP contribution in [0, 0.1) is 6.92 Å². The Morgan fingerprint density at radius 3 is 2.62 bits per heavy atom. The molecule has 0 atom stereocenters. The predicted molar refractivity (Wildman–Crippen MR) is 95.5 cm³/mol. The summed E-state index contributed by atoms with van der Waals surface area (Å²) in [7, 11) is 3.07. The molecule has 24 heavy (non-hydrogen) atoms. The van der Waals surface area contributed by atoms with Gasteiger partial charge in [-0.1, -0.05) is 6.92 Å². The molecule has 2 N–H and O–H groups in total. The van der Waals surface area contributed by atoms with Gasteiger partial charge in [-0.3, -0.25) is 4.99 Å². The molecule has 6 nitrogen and oxygen atoms in total. The van der Waals surface area contributed by atoms with Crippen LogP contribution < -0.4 is 10.6 Å². The number of hydrogen-bond donors (Lipinski definition) is 2. The maximum Gasteiger partial charge on any atom is 0.341 e. The van der Waals surface area contributed by atoms with Gasteiger partial charge in [-0.15, -0.1) is 11.3 Å². The first kappa shape index (κ1) is 18.1. The largest absolute Gasteiger partial charge is 0.465 e. The van der Waals surface area contributed by atoms with Crippen molar-refractivity contribution in [3.63, 3.8) is 0 Å². The van der Waals surface area contributed by atoms with Gasteiger partial charge in [0.1, 0.15) is 17.1 Å². The van der Waals surface area contributed by atoms with Crippen LogP contribution in [0.5, 0.6) is 0 Å². The third-order valence-corrected chi connectivity index (χ3v) is 4.75. The third-order valence-electron chi connectivity index (χ3n) is 3.52. The fraction of sp³-hybridized carbons (Fsp3) is 0.412. The normalized spacial score (nSPS) is 11.4. The summed E-state index contributed by atoms with van der Waals surface area (Å²) < 4.78 is 10.3. The summed E-state index contributed by atoms with van der Waals surface area (Å²) in [6.45, 7) is 5.04. The molecule has 0 spiro atoms. The predicted octanol–water partition coefficient (Wildman–Crippen LogP) is 2.86. The molecule has 7 heteroatoms. The Morgan fingerprint density at radius 1 is 1.29 bits per heavy atom. The standard InChI is InChI=1S/C17H23N3O3S/c1-5-13-6-7-14(24-13)10-20-17(18-3)19-9-12-8-15(11(2)23-12)16(21)22-4/h6-8H,5,9-10H2,1-4H3,(H2,18,19,20). The van der Waals surface area contributed by atoms with Crippen molar-refractivity contribution in [1.29, 1.82) is 0 Å². The van der Waals surface area contributed by atoms with Crippen LogP contribution in [-0.2, 0) is 24.2 Å². The molecule has 0 radical (unpaired) electrons. The zero-order valence-electron chi connectivity index (χ0n) is 14.4. The highest BCUT2D eigenvalue weighted by Gasteiger charge is 2.15. The number of guanidine groups is 1. The molecule has 130 valence electrons. The van der Waals surface area contributed by atoms with Crippen LogP contribution in [-0.4, -0.2) is 26.1 Å². The maximum absolute atomic E-state index is 11.6. The second-order valence-electron chi connectivity index (χ2n) is 5.18. The average Bonchev–Trinajstić information content (AvgIpc) is 3.20. The number of aliphatic imine (C=N–C) groups is 1. The Kier molecular flexibility index (Phi) is 6.43. The number of hydrogen-bond acceptors (Lipinski definition) is 5. The molecule has 0 saturated carbocycles. The van der Waals surface area contributed by atoms with Gasteiger partial charge in [0.15, 0.2) is 5.96 Å². The van der Waals surface area contributed by atoms with Gasteiger partial charge in [0.25, 0.3) is 0 Å². The Morgan fingerprint density at radius 2 is 2.00 bits per heavy atom. The number of methoxy groups -OCH3 is 1. The molecule has 0 aliphatic heterocycles. The van der Waals surface area contributed by atoms with E-state index in [1.807, 2.05) is 0 Å². The highest BCUT2D eigenvalue weighted by Crippen LogP contribution is 2.17. The van der Waals surface area contributed by atoms with Crippen molar-refractivity contribution in [3.8, 4) is 0 Å². The molecule has 0 fully saturated rings. The molecule has 0 unspecified atom stereocenters. The highest BCUT2D eigenvalue weighted by atomic mass is 32.1. The lowest BCUT2D eigenvalue weighted by Gasteiger charge is -2.09. The number of nitrogens with one attached hydrogen (secondary N) is 2. The van der Waals surface area contributed by atoms with Gasteiger partial charge < -0.3 is 19.8 Å². The van der Waals surface area contributed by atoms with Gasteiger partial charge in [0.05, 0.1) is 20.2 Å². The van der Waals surface area contributed by atoms with Gasteiger partial charge >= 0.3 is 5.97 Å². The molecule has 2 aromatic heterocycles. The zero-order chi connectivity index (χ0) is 17.5. The number of esters is 1. The van der Waals surface area contributed by atoms with E-state index in [2.05, 4.69) is 34.7 Å². The van der Waals surface area contributed by atoms with Crippen molar-refractivity contribution in [2.24, 2.45) is 4.99 Å². The summed E-state index contributed by atoms with van der Waals surface area (Å²) in [6, 6.07) is 5.97. The second kappa shape index (κ2) is 8.54. The SMILES string of the molecule is CCc1ccc(CNC(=NC)NCc2cc(C(=O)OC)c(C)o2)s1. The van der Waals surface area contributed by atoms with Gasteiger partial charge in [-0.25, -0.2) is 4.79 Å². The van der Waals surface area contributed by atoms with Gasteiger partial charge in [-0.05, 0) is 31.5 Å². The van der Waals surface area contributed by atoms with E-state index in [1.165, 1.54) is 16.9 Å². The summed E-state index contributed by atoms with van der Waals surface area (Å²) in [5, 5.41) is 6.44. The lowest BCUT2D eigenvalue weighted by molar-refractivity contribution is 0.0599. The minimum Gasteiger partial charge on any atom is -0.465 e. The quantitative estimate of drug-likeness (QED) is 0.476. The van der Waals surface area contributed by atoms with Crippen molar-refractivity contribution in [3.05, 3.63) is 45.0 Å². The molecular weight excluding hydrogens is 326 g/mol. The molecule has 0 saturated heterocycles. The fourth-order valence-corrected chi connectivity index (χ4v) is 3.11. The minimum atomic E-state index is -0.394. The van der Waals surface area contributed by atoms with E-state index in [0.717, 1.165) is 13.0 Å². The number of carbonyl (C=O) groups is 1. The van der Waals surface area contributed by atoms with Crippen LogP contribution >= 0.6 is 11.3 Å². The summed E-state index contributed by atoms with van der Waals surface area (Å²) >= 11 is 1.80. The van der Waals surface area contributed by atoms with Crippen molar-refractivity contribution < 1.29 is 13.9 Å². The Labute approximate surface area is 145 Å². The van der Waals surface area contributed by atoms with E-state index in [0.29, 0.717) is 29.6 Å². The molecule has 0 aliphatic carbocycles. The van der Waals surface area contributed by atoms with Crippen LogP contribution in [0.4, 0.5) is 0 Å². The Bertz CT molecular complexity index is 718. The van der Waals surface area contributed by atoms with Crippen LogP contribution in [0.2, 0.25) is 0 Å². The van der Waals surface area contributed by atoms with Gasteiger partial charge in [-0.2, -0.15) is 0 Å². The van der Waals surface area contributed by atoms with E-state index in [-0.39, 0.29) is 0 Å². The number of furan rings is 1. The Hall–Kier alpha value is -2.28. The number of ether oxygens (including phenoxy) is 1. The molecule has 2 heterocycles. The van der Waals surface area contributed by atoms with Crippen molar-refractivity contribution in [2.75, 3.05) is 14.2 Å². The molecule has 2 rings (SSSR count). The van der Waals surface area contributed by atoms with Crippen LogP contribution in [0.25, 0.3) is 0 Å². The summed E-state index contributed by atoms with van der Waals surface area (Å²) in [6.07, 6.45) is 1.05. The number of thiophene rings is 1. The first-order valence-electron chi connectivity index (χ1n) is 7.77. The van der Waals surface area contributed by atoms with Crippen LogP contribution in [0.1, 0.15) is 38.6 Å². The Balaban J connectivity index is 1.88. The number of aryl methyl sites for hydroxylation is 2. The van der Waals surface area contributed by atoms with Crippen LogP contribution in [0.3, 0.4) is 0 Å². The maximum atomic E-state index is 11.6. The second-order valence-corrected chi connectivity index (χ2v) is 6.43. The fourth-order valence-electron chi connectivity index (χ4n) is 2.21.